The number of hydrogen-bond donors (Lipinski definition) is 0. The number of rotatable bonds is 2. The molecule has 2 fully saturated rings. The van der Waals surface area contributed by atoms with Crippen LogP contribution in [0.4, 0.5) is 5.82 Å². The van der Waals surface area contributed by atoms with Crippen molar-refractivity contribution >= 4 is 11.7 Å². The van der Waals surface area contributed by atoms with Crippen LogP contribution in [0.25, 0.3) is 0 Å². The van der Waals surface area contributed by atoms with Gasteiger partial charge >= 0.3 is 0 Å². The number of fused-ring (bicyclic) bond motifs is 1. The molecule has 114 valence electrons. The van der Waals surface area contributed by atoms with Gasteiger partial charge in [-0.3, -0.25) is 4.79 Å². The fourth-order valence-electron chi connectivity index (χ4n) is 3.29. The van der Waals surface area contributed by atoms with Crippen LogP contribution in [0, 0.1) is 0 Å². The Balaban J connectivity index is 1.77. The van der Waals surface area contributed by atoms with Crippen molar-refractivity contribution in [3.8, 4) is 0 Å². The van der Waals surface area contributed by atoms with Gasteiger partial charge in [-0.1, -0.05) is 12.8 Å². The second kappa shape index (κ2) is 6.02. The predicted octanol–water partition coefficient (Wildman–Crippen LogP) is 1.93. The standard InChI is InChI=1S/C16H23N3O2/c1-18(2)15-8-7-12(11-17-15)16(20)19-9-10-21-14-6-4-3-5-13(14)19/h7-8,11,13-14H,3-6,9-10H2,1-2H3/t13-,14+/m0/s1. The Labute approximate surface area is 125 Å². The molecule has 2 aliphatic rings. The van der Waals surface area contributed by atoms with Crippen LogP contribution in [0.15, 0.2) is 18.3 Å². The minimum absolute atomic E-state index is 0.0907. The largest absolute Gasteiger partial charge is 0.374 e. The van der Waals surface area contributed by atoms with Gasteiger partial charge in [-0.15, -0.1) is 0 Å². The zero-order valence-corrected chi connectivity index (χ0v) is 12.8. The first kappa shape index (κ1) is 14.3. The van der Waals surface area contributed by atoms with Crippen molar-refractivity contribution in [2.24, 2.45) is 0 Å². The number of nitrogens with zero attached hydrogens (tertiary/aromatic N) is 3. The predicted molar refractivity (Wildman–Crippen MR) is 81.6 cm³/mol. The number of morpholine rings is 1. The molecule has 3 rings (SSSR count). The minimum atomic E-state index is 0.0907. The summed E-state index contributed by atoms with van der Waals surface area (Å²) >= 11 is 0. The second-order valence-electron chi connectivity index (χ2n) is 6.06. The molecule has 0 unspecified atom stereocenters. The van der Waals surface area contributed by atoms with E-state index < -0.39 is 0 Å². The summed E-state index contributed by atoms with van der Waals surface area (Å²) in [5.74, 6) is 0.956. The molecule has 1 aromatic rings. The van der Waals surface area contributed by atoms with E-state index in [2.05, 4.69) is 4.98 Å². The smallest absolute Gasteiger partial charge is 0.255 e. The quantitative estimate of drug-likeness (QED) is 0.834. The summed E-state index contributed by atoms with van der Waals surface area (Å²) in [5.41, 5.74) is 0.673. The Morgan fingerprint density at radius 1 is 1.33 bits per heavy atom. The lowest BCUT2D eigenvalue weighted by atomic mass is 9.90. The number of hydrogen-bond acceptors (Lipinski definition) is 4. The van der Waals surface area contributed by atoms with E-state index in [9.17, 15) is 4.79 Å². The average molecular weight is 289 g/mol. The molecule has 0 spiro atoms. The zero-order valence-electron chi connectivity index (χ0n) is 12.8. The van der Waals surface area contributed by atoms with Gasteiger partial charge in [0.2, 0.25) is 0 Å². The van der Waals surface area contributed by atoms with E-state index >= 15 is 0 Å². The Hall–Kier alpha value is -1.62. The fourth-order valence-corrected chi connectivity index (χ4v) is 3.29. The highest BCUT2D eigenvalue weighted by Gasteiger charge is 2.36. The molecule has 2 heterocycles. The summed E-state index contributed by atoms with van der Waals surface area (Å²) in [4.78, 5) is 21.0. The molecule has 0 aromatic carbocycles. The van der Waals surface area contributed by atoms with Gasteiger partial charge in [0.1, 0.15) is 5.82 Å². The van der Waals surface area contributed by atoms with Gasteiger partial charge in [-0.25, -0.2) is 4.98 Å². The molecule has 0 radical (unpaired) electrons. The average Bonchev–Trinajstić information content (AvgIpc) is 2.53. The molecule has 1 aliphatic carbocycles. The first-order valence-corrected chi connectivity index (χ1v) is 7.73. The van der Waals surface area contributed by atoms with Crippen LogP contribution in [0.3, 0.4) is 0 Å². The maximum atomic E-state index is 12.8. The fraction of sp³-hybridized carbons (Fsp3) is 0.625. The molecule has 0 bridgehead atoms. The third-order valence-electron chi connectivity index (χ3n) is 4.45. The highest BCUT2D eigenvalue weighted by Crippen LogP contribution is 2.29. The first-order chi connectivity index (χ1) is 10.2. The van der Waals surface area contributed by atoms with Crippen molar-refractivity contribution in [3.05, 3.63) is 23.9 Å². The zero-order chi connectivity index (χ0) is 14.8. The lowest BCUT2D eigenvalue weighted by molar-refractivity contribution is -0.0752. The number of ether oxygens (including phenoxy) is 1. The number of aromatic nitrogens is 1. The van der Waals surface area contributed by atoms with Crippen molar-refractivity contribution in [1.29, 1.82) is 0 Å². The third kappa shape index (κ3) is 2.88. The van der Waals surface area contributed by atoms with E-state index in [-0.39, 0.29) is 18.1 Å². The molecule has 0 N–H and O–H groups in total. The SMILES string of the molecule is CN(C)c1ccc(C(=O)N2CCO[C@@H]3CCCC[C@@H]32)cn1. The normalized spacial score (nSPS) is 25.3. The van der Waals surface area contributed by atoms with Crippen LogP contribution in [-0.4, -0.2) is 55.2 Å². The van der Waals surface area contributed by atoms with E-state index in [4.69, 9.17) is 4.74 Å². The van der Waals surface area contributed by atoms with E-state index in [1.54, 1.807) is 6.20 Å². The van der Waals surface area contributed by atoms with E-state index in [1.807, 2.05) is 36.0 Å². The van der Waals surface area contributed by atoms with Crippen LogP contribution in [0.5, 0.6) is 0 Å². The van der Waals surface area contributed by atoms with Crippen molar-refractivity contribution in [2.45, 2.75) is 37.8 Å². The van der Waals surface area contributed by atoms with Gasteiger partial charge in [-0.05, 0) is 25.0 Å². The van der Waals surface area contributed by atoms with Gasteiger partial charge in [0.25, 0.3) is 5.91 Å². The number of pyridine rings is 1. The summed E-state index contributed by atoms with van der Waals surface area (Å²) in [6.07, 6.45) is 6.44. The van der Waals surface area contributed by atoms with Gasteiger partial charge in [0.15, 0.2) is 0 Å². The van der Waals surface area contributed by atoms with Crippen molar-refractivity contribution in [3.63, 3.8) is 0 Å². The molecule has 1 aromatic heterocycles. The van der Waals surface area contributed by atoms with Crippen molar-refractivity contribution < 1.29 is 9.53 Å². The second-order valence-corrected chi connectivity index (χ2v) is 6.06. The molecular weight excluding hydrogens is 266 g/mol. The summed E-state index contributed by atoms with van der Waals surface area (Å²) in [6, 6.07) is 4.01. The molecule has 1 aliphatic heterocycles. The Bertz CT molecular complexity index is 499. The van der Waals surface area contributed by atoms with Gasteiger partial charge < -0.3 is 14.5 Å². The molecule has 21 heavy (non-hydrogen) atoms. The van der Waals surface area contributed by atoms with Crippen LogP contribution < -0.4 is 4.90 Å². The van der Waals surface area contributed by atoms with Gasteiger partial charge in [0, 0.05) is 26.8 Å². The topological polar surface area (TPSA) is 45.7 Å². The number of amides is 1. The number of carbonyl (C=O) groups excluding carboxylic acids is 1. The molecule has 1 amide bonds. The molecule has 1 saturated carbocycles. The van der Waals surface area contributed by atoms with Crippen molar-refractivity contribution in [1.82, 2.24) is 9.88 Å². The highest BCUT2D eigenvalue weighted by molar-refractivity contribution is 5.94. The Kier molecular flexibility index (Phi) is 4.10. The summed E-state index contributed by atoms with van der Waals surface area (Å²) in [7, 11) is 3.89. The monoisotopic (exact) mass is 289 g/mol. The van der Waals surface area contributed by atoms with E-state index in [1.165, 1.54) is 12.8 Å². The summed E-state index contributed by atoms with van der Waals surface area (Å²) < 4.78 is 5.83. The lowest BCUT2D eigenvalue weighted by Gasteiger charge is -2.43. The van der Waals surface area contributed by atoms with Crippen molar-refractivity contribution in [2.75, 3.05) is 32.1 Å². The number of anilines is 1. The number of carbonyl (C=O) groups is 1. The molecule has 2 atom stereocenters. The molecule has 5 nitrogen and oxygen atoms in total. The maximum Gasteiger partial charge on any atom is 0.255 e. The van der Waals surface area contributed by atoms with Crippen LogP contribution in [0.2, 0.25) is 0 Å². The maximum absolute atomic E-state index is 12.8. The molecular formula is C16H23N3O2. The Morgan fingerprint density at radius 3 is 2.86 bits per heavy atom. The highest BCUT2D eigenvalue weighted by atomic mass is 16.5. The van der Waals surface area contributed by atoms with Crippen LogP contribution in [0.1, 0.15) is 36.0 Å². The molecule has 1 saturated heterocycles. The van der Waals surface area contributed by atoms with E-state index in [0.717, 1.165) is 18.7 Å². The molecule has 5 heteroatoms. The summed E-state index contributed by atoms with van der Waals surface area (Å²) in [5, 5.41) is 0. The lowest BCUT2D eigenvalue weighted by Crippen LogP contribution is -2.54. The first-order valence-electron chi connectivity index (χ1n) is 7.73. The third-order valence-corrected chi connectivity index (χ3v) is 4.45. The van der Waals surface area contributed by atoms with Gasteiger partial charge in [-0.2, -0.15) is 0 Å². The Morgan fingerprint density at radius 2 is 2.14 bits per heavy atom. The minimum Gasteiger partial charge on any atom is -0.374 e. The van der Waals surface area contributed by atoms with Crippen LogP contribution in [-0.2, 0) is 4.74 Å². The summed E-state index contributed by atoms with van der Waals surface area (Å²) in [6.45, 7) is 1.34. The van der Waals surface area contributed by atoms with Gasteiger partial charge in [0.05, 0.1) is 24.3 Å². The van der Waals surface area contributed by atoms with E-state index in [0.29, 0.717) is 18.7 Å². The van der Waals surface area contributed by atoms with Crippen LogP contribution >= 0.6 is 0 Å².